The maximum Gasteiger partial charge on any atom is 0.351 e. The van der Waals surface area contributed by atoms with Crippen LogP contribution in [0.4, 0.5) is 0 Å². The SMILES string of the molecule is CCOC(=O)/C=N\NC(=O)c1ccccc1. The van der Waals surface area contributed by atoms with E-state index in [1.54, 1.807) is 37.3 Å². The zero-order valence-corrected chi connectivity index (χ0v) is 8.84. The van der Waals surface area contributed by atoms with Crippen molar-refractivity contribution in [3.05, 3.63) is 35.9 Å². The number of hydrazone groups is 1. The number of nitrogens with zero attached hydrogens (tertiary/aromatic N) is 1. The Kier molecular flexibility index (Phi) is 4.72. The number of carbonyl (C=O) groups excluding carboxylic acids is 2. The van der Waals surface area contributed by atoms with Crippen LogP contribution in [0.15, 0.2) is 35.4 Å². The van der Waals surface area contributed by atoms with Gasteiger partial charge in [0.15, 0.2) is 0 Å². The Morgan fingerprint density at radius 2 is 2.06 bits per heavy atom. The van der Waals surface area contributed by atoms with Gasteiger partial charge in [0.05, 0.1) is 6.61 Å². The van der Waals surface area contributed by atoms with Crippen molar-refractivity contribution >= 4 is 18.1 Å². The minimum absolute atomic E-state index is 0.275. The van der Waals surface area contributed by atoms with Crippen LogP contribution in [0.5, 0.6) is 0 Å². The van der Waals surface area contributed by atoms with Gasteiger partial charge < -0.3 is 4.74 Å². The molecular formula is C11H12N2O3. The fraction of sp³-hybridized carbons (Fsp3) is 0.182. The standard InChI is InChI=1S/C11H12N2O3/c1-2-16-10(14)8-12-13-11(15)9-6-4-3-5-7-9/h3-8H,2H2,1H3,(H,13,15)/b12-8-. The first-order valence-corrected chi connectivity index (χ1v) is 4.79. The first-order chi connectivity index (χ1) is 7.74. The van der Waals surface area contributed by atoms with E-state index in [4.69, 9.17) is 0 Å². The number of benzene rings is 1. The summed E-state index contributed by atoms with van der Waals surface area (Å²) in [5.74, 6) is -0.961. The van der Waals surface area contributed by atoms with Crippen LogP contribution in [-0.4, -0.2) is 24.7 Å². The fourth-order valence-electron chi connectivity index (χ4n) is 0.977. The van der Waals surface area contributed by atoms with E-state index < -0.39 is 5.97 Å². The molecule has 1 N–H and O–H groups in total. The zero-order valence-electron chi connectivity index (χ0n) is 8.84. The molecule has 0 atom stereocenters. The number of hydrogen-bond donors (Lipinski definition) is 1. The lowest BCUT2D eigenvalue weighted by molar-refractivity contribution is -0.134. The minimum atomic E-state index is -0.587. The van der Waals surface area contributed by atoms with E-state index in [-0.39, 0.29) is 12.5 Å². The third kappa shape index (κ3) is 3.91. The molecule has 0 unspecified atom stereocenters. The molecule has 0 aliphatic heterocycles. The van der Waals surface area contributed by atoms with E-state index in [9.17, 15) is 9.59 Å². The number of nitrogens with one attached hydrogen (secondary N) is 1. The average molecular weight is 220 g/mol. The highest BCUT2D eigenvalue weighted by Gasteiger charge is 2.02. The molecular weight excluding hydrogens is 208 g/mol. The van der Waals surface area contributed by atoms with Crippen molar-refractivity contribution in [2.75, 3.05) is 6.61 Å². The van der Waals surface area contributed by atoms with Gasteiger partial charge >= 0.3 is 5.97 Å². The van der Waals surface area contributed by atoms with Crippen LogP contribution >= 0.6 is 0 Å². The van der Waals surface area contributed by atoms with Crippen molar-refractivity contribution in [1.29, 1.82) is 0 Å². The van der Waals surface area contributed by atoms with Gasteiger partial charge in [-0.15, -0.1) is 0 Å². The van der Waals surface area contributed by atoms with Gasteiger partial charge in [-0.1, -0.05) is 18.2 Å². The molecule has 1 amide bonds. The molecule has 5 heteroatoms. The monoisotopic (exact) mass is 220 g/mol. The average Bonchev–Trinajstić information content (AvgIpc) is 2.30. The lowest BCUT2D eigenvalue weighted by atomic mass is 10.2. The van der Waals surface area contributed by atoms with Crippen LogP contribution in [0.2, 0.25) is 0 Å². The molecule has 0 fully saturated rings. The van der Waals surface area contributed by atoms with E-state index in [2.05, 4.69) is 15.3 Å². The molecule has 0 bridgehead atoms. The fourth-order valence-corrected chi connectivity index (χ4v) is 0.977. The van der Waals surface area contributed by atoms with Gasteiger partial charge in [0, 0.05) is 5.56 Å². The number of amides is 1. The highest BCUT2D eigenvalue weighted by molar-refractivity contribution is 6.23. The molecule has 5 nitrogen and oxygen atoms in total. The van der Waals surface area contributed by atoms with Crippen molar-refractivity contribution in [2.24, 2.45) is 5.10 Å². The summed E-state index contributed by atoms with van der Waals surface area (Å²) in [6, 6.07) is 8.58. The molecule has 0 spiro atoms. The summed E-state index contributed by atoms with van der Waals surface area (Å²) in [5.41, 5.74) is 2.69. The van der Waals surface area contributed by atoms with E-state index in [1.165, 1.54) is 0 Å². The summed E-state index contributed by atoms with van der Waals surface area (Å²) >= 11 is 0. The van der Waals surface area contributed by atoms with Gasteiger partial charge in [0.1, 0.15) is 6.21 Å². The third-order valence-corrected chi connectivity index (χ3v) is 1.66. The zero-order chi connectivity index (χ0) is 11.8. The van der Waals surface area contributed by atoms with Crippen molar-refractivity contribution < 1.29 is 14.3 Å². The Hall–Kier alpha value is -2.17. The lowest BCUT2D eigenvalue weighted by Crippen LogP contribution is -2.19. The van der Waals surface area contributed by atoms with Crippen LogP contribution in [0, 0.1) is 0 Å². The van der Waals surface area contributed by atoms with Crippen LogP contribution in [0.25, 0.3) is 0 Å². The number of ether oxygens (including phenoxy) is 1. The summed E-state index contributed by atoms with van der Waals surface area (Å²) in [5, 5.41) is 3.47. The summed E-state index contributed by atoms with van der Waals surface area (Å²) in [7, 11) is 0. The van der Waals surface area contributed by atoms with Crippen LogP contribution < -0.4 is 5.43 Å². The summed E-state index contributed by atoms with van der Waals surface area (Å²) in [6.45, 7) is 1.96. The van der Waals surface area contributed by atoms with Crippen LogP contribution in [-0.2, 0) is 9.53 Å². The van der Waals surface area contributed by atoms with Gasteiger partial charge in [-0.05, 0) is 19.1 Å². The third-order valence-electron chi connectivity index (χ3n) is 1.66. The highest BCUT2D eigenvalue weighted by Crippen LogP contribution is 1.97. The normalized spacial score (nSPS) is 10.1. The number of esters is 1. The Morgan fingerprint density at radius 1 is 1.38 bits per heavy atom. The maximum atomic E-state index is 11.4. The molecule has 84 valence electrons. The predicted octanol–water partition coefficient (Wildman–Crippen LogP) is 0.965. The maximum absolute atomic E-state index is 11.4. The predicted molar refractivity (Wildman–Crippen MR) is 59.0 cm³/mol. The van der Waals surface area contributed by atoms with E-state index in [0.717, 1.165) is 6.21 Å². The molecule has 0 radical (unpaired) electrons. The van der Waals surface area contributed by atoms with Crippen LogP contribution in [0.3, 0.4) is 0 Å². The number of hydrogen-bond acceptors (Lipinski definition) is 4. The topological polar surface area (TPSA) is 67.8 Å². The molecule has 0 heterocycles. The molecule has 0 aliphatic rings. The van der Waals surface area contributed by atoms with Gasteiger partial charge in [-0.3, -0.25) is 4.79 Å². The Labute approximate surface area is 93.1 Å². The molecule has 0 saturated carbocycles. The molecule has 16 heavy (non-hydrogen) atoms. The van der Waals surface area contributed by atoms with E-state index >= 15 is 0 Å². The van der Waals surface area contributed by atoms with Crippen molar-refractivity contribution in [3.63, 3.8) is 0 Å². The van der Waals surface area contributed by atoms with Crippen molar-refractivity contribution in [1.82, 2.24) is 5.43 Å². The van der Waals surface area contributed by atoms with E-state index in [1.807, 2.05) is 0 Å². The van der Waals surface area contributed by atoms with Gasteiger partial charge in [-0.2, -0.15) is 5.10 Å². The quantitative estimate of drug-likeness (QED) is 0.467. The highest BCUT2D eigenvalue weighted by atomic mass is 16.5. The summed E-state index contributed by atoms with van der Waals surface area (Å²) in [4.78, 5) is 22.2. The Bertz CT molecular complexity index is 387. The summed E-state index contributed by atoms with van der Waals surface area (Å²) < 4.78 is 4.59. The van der Waals surface area contributed by atoms with Crippen molar-refractivity contribution in [3.8, 4) is 0 Å². The number of carbonyl (C=O) groups is 2. The Balaban J connectivity index is 2.45. The second-order valence-electron chi connectivity index (χ2n) is 2.82. The van der Waals surface area contributed by atoms with Gasteiger partial charge in [0.2, 0.25) is 0 Å². The Morgan fingerprint density at radius 3 is 2.69 bits per heavy atom. The molecule has 1 aromatic carbocycles. The van der Waals surface area contributed by atoms with Gasteiger partial charge in [-0.25, -0.2) is 10.2 Å². The molecule has 0 aliphatic carbocycles. The second kappa shape index (κ2) is 6.34. The van der Waals surface area contributed by atoms with Crippen LogP contribution in [0.1, 0.15) is 17.3 Å². The second-order valence-corrected chi connectivity index (χ2v) is 2.82. The van der Waals surface area contributed by atoms with E-state index in [0.29, 0.717) is 5.56 Å². The molecule has 1 rings (SSSR count). The molecule has 0 saturated heterocycles. The van der Waals surface area contributed by atoms with Gasteiger partial charge in [0.25, 0.3) is 5.91 Å². The number of rotatable bonds is 4. The minimum Gasteiger partial charge on any atom is -0.462 e. The van der Waals surface area contributed by atoms with Crippen molar-refractivity contribution in [2.45, 2.75) is 6.92 Å². The molecule has 1 aromatic rings. The summed E-state index contributed by atoms with van der Waals surface area (Å²) in [6.07, 6.45) is 0.921. The first kappa shape index (κ1) is 11.9. The first-order valence-electron chi connectivity index (χ1n) is 4.79. The molecule has 0 aromatic heterocycles. The smallest absolute Gasteiger partial charge is 0.351 e. The lowest BCUT2D eigenvalue weighted by Gasteiger charge is -1.98. The largest absolute Gasteiger partial charge is 0.462 e.